The number of fused-ring (bicyclic) bond motifs is 1. The Balaban J connectivity index is 1.56. The predicted octanol–water partition coefficient (Wildman–Crippen LogP) is 2.06. The van der Waals surface area contributed by atoms with Crippen molar-refractivity contribution < 1.29 is 4.74 Å². The normalized spacial score (nSPS) is 26.6. The van der Waals surface area contributed by atoms with Crippen LogP contribution in [0.4, 0.5) is 0 Å². The molecule has 3 rings (SSSR count). The molecular weight excluding hydrogens is 248 g/mol. The fourth-order valence-corrected chi connectivity index (χ4v) is 3.38. The molecular formula is C17H26N2O. The first-order valence-corrected chi connectivity index (χ1v) is 7.97. The van der Waals surface area contributed by atoms with Crippen molar-refractivity contribution in [1.82, 2.24) is 10.2 Å². The molecule has 2 aliphatic rings. The summed E-state index contributed by atoms with van der Waals surface area (Å²) < 4.78 is 5.69. The van der Waals surface area contributed by atoms with Crippen molar-refractivity contribution in [3.8, 4) is 0 Å². The second-order valence-electron chi connectivity index (χ2n) is 6.11. The van der Waals surface area contributed by atoms with Crippen LogP contribution < -0.4 is 5.32 Å². The van der Waals surface area contributed by atoms with Crippen LogP contribution in [0.2, 0.25) is 0 Å². The van der Waals surface area contributed by atoms with Crippen molar-refractivity contribution >= 4 is 0 Å². The predicted molar refractivity (Wildman–Crippen MR) is 81.8 cm³/mol. The zero-order chi connectivity index (χ0) is 13.8. The summed E-state index contributed by atoms with van der Waals surface area (Å²) in [6, 6.07) is 9.42. The minimum absolute atomic E-state index is 0.548. The molecule has 1 aromatic carbocycles. The van der Waals surface area contributed by atoms with E-state index in [0.29, 0.717) is 12.0 Å². The van der Waals surface area contributed by atoms with Crippen LogP contribution >= 0.6 is 0 Å². The van der Waals surface area contributed by atoms with Crippen LogP contribution in [-0.4, -0.2) is 43.8 Å². The Morgan fingerprint density at radius 3 is 2.95 bits per heavy atom. The maximum absolute atomic E-state index is 5.69. The van der Waals surface area contributed by atoms with Crippen LogP contribution in [-0.2, 0) is 17.7 Å². The third kappa shape index (κ3) is 3.22. The topological polar surface area (TPSA) is 24.5 Å². The van der Waals surface area contributed by atoms with E-state index in [0.717, 1.165) is 32.8 Å². The molecule has 2 aliphatic heterocycles. The van der Waals surface area contributed by atoms with Gasteiger partial charge in [0.05, 0.1) is 13.2 Å². The highest BCUT2D eigenvalue weighted by Crippen LogP contribution is 2.22. The van der Waals surface area contributed by atoms with Crippen molar-refractivity contribution in [3.63, 3.8) is 0 Å². The summed E-state index contributed by atoms with van der Waals surface area (Å²) in [6.45, 7) is 8.58. The van der Waals surface area contributed by atoms with Gasteiger partial charge in [0.1, 0.15) is 0 Å². The zero-order valence-electron chi connectivity index (χ0n) is 12.5. The Bertz CT molecular complexity index is 435. The number of rotatable bonds is 5. The van der Waals surface area contributed by atoms with E-state index >= 15 is 0 Å². The molecule has 1 saturated heterocycles. The van der Waals surface area contributed by atoms with E-state index in [9.17, 15) is 0 Å². The molecule has 0 aromatic heterocycles. The van der Waals surface area contributed by atoms with Crippen LogP contribution in [0, 0.1) is 5.92 Å². The number of nitrogens with one attached hydrogen (secondary N) is 1. The zero-order valence-corrected chi connectivity index (χ0v) is 12.5. The summed E-state index contributed by atoms with van der Waals surface area (Å²) in [5.41, 5.74) is 3.04. The van der Waals surface area contributed by atoms with Gasteiger partial charge in [-0.15, -0.1) is 0 Å². The highest BCUT2D eigenvalue weighted by molar-refractivity contribution is 5.29. The summed E-state index contributed by atoms with van der Waals surface area (Å²) in [6.07, 6.45) is 2.39. The SMILES string of the molecule is CCCNC1COCC1CN1CCc2ccccc2C1. The standard InChI is InChI=1S/C17H26N2O/c1-2-8-18-17-13-20-12-16(17)11-19-9-7-14-5-3-4-6-15(14)10-19/h3-6,16-18H,2,7-13H2,1H3. The van der Waals surface area contributed by atoms with Crippen LogP contribution in [0.5, 0.6) is 0 Å². The first-order valence-electron chi connectivity index (χ1n) is 7.97. The van der Waals surface area contributed by atoms with Gasteiger partial charge in [-0.2, -0.15) is 0 Å². The van der Waals surface area contributed by atoms with Crippen molar-refractivity contribution in [2.45, 2.75) is 32.4 Å². The van der Waals surface area contributed by atoms with Gasteiger partial charge in [0.2, 0.25) is 0 Å². The molecule has 0 amide bonds. The average Bonchev–Trinajstić information content (AvgIpc) is 2.92. The molecule has 0 bridgehead atoms. The minimum atomic E-state index is 0.548. The third-order valence-electron chi connectivity index (χ3n) is 4.56. The second kappa shape index (κ2) is 6.70. The van der Waals surface area contributed by atoms with E-state index in [4.69, 9.17) is 4.74 Å². The van der Waals surface area contributed by atoms with Crippen LogP contribution in [0.3, 0.4) is 0 Å². The van der Waals surface area contributed by atoms with Gasteiger partial charge in [-0.1, -0.05) is 31.2 Å². The summed E-state index contributed by atoms with van der Waals surface area (Å²) in [4.78, 5) is 2.60. The highest BCUT2D eigenvalue weighted by Gasteiger charge is 2.30. The molecule has 20 heavy (non-hydrogen) atoms. The molecule has 2 heterocycles. The van der Waals surface area contributed by atoms with Gasteiger partial charge in [-0.25, -0.2) is 0 Å². The monoisotopic (exact) mass is 274 g/mol. The van der Waals surface area contributed by atoms with Gasteiger partial charge in [-0.3, -0.25) is 4.90 Å². The van der Waals surface area contributed by atoms with Crippen molar-refractivity contribution in [3.05, 3.63) is 35.4 Å². The fraction of sp³-hybridized carbons (Fsp3) is 0.647. The van der Waals surface area contributed by atoms with Crippen LogP contribution in [0.15, 0.2) is 24.3 Å². The first kappa shape index (κ1) is 14.1. The average molecular weight is 274 g/mol. The lowest BCUT2D eigenvalue weighted by molar-refractivity contribution is 0.162. The summed E-state index contributed by atoms with van der Waals surface area (Å²) in [5.74, 6) is 0.645. The number of ether oxygens (including phenoxy) is 1. The maximum atomic E-state index is 5.69. The lowest BCUT2D eigenvalue weighted by atomic mass is 9.97. The van der Waals surface area contributed by atoms with Crippen molar-refractivity contribution in [2.75, 3.05) is 32.8 Å². The molecule has 0 spiro atoms. The molecule has 3 nitrogen and oxygen atoms in total. The number of hydrogen-bond donors (Lipinski definition) is 1. The largest absolute Gasteiger partial charge is 0.379 e. The summed E-state index contributed by atoms with van der Waals surface area (Å²) in [7, 11) is 0. The van der Waals surface area contributed by atoms with Crippen molar-refractivity contribution in [2.24, 2.45) is 5.92 Å². The quantitative estimate of drug-likeness (QED) is 0.889. The van der Waals surface area contributed by atoms with E-state index in [1.54, 1.807) is 0 Å². The molecule has 1 fully saturated rings. The Labute approximate surface area is 122 Å². The molecule has 3 heteroatoms. The van der Waals surface area contributed by atoms with E-state index < -0.39 is 0 Å². The summed E-state index contributed by atoms with van der Waals surface area (Å²) in [5, 5.41) is 3.64. The van der Waals surface area contributed by atoms with E-state index in [-0.39, 0.29) is 0 Å². The van der Waals surface area contributed by atoms with E-state index in [1.165, 1.54) is 30.5 Å². The number of hydrogen-bond acceptors (Lipinski definition) is 3. The molecule has 2 unspecified atom stereocenters. The van der Waals surface area contributed by atoms with Crippen LogP contribution in [0.1, 0.15) is 24.5 Å². The minimum Gasteiger partial charge on any atom is -0.379 e. The molecule has 0 radical (unpaired) electrons. The number of nitrogens with zero attached hydrogens (tertiary/aromatic N) is 1. The Kier molecular flexibility index (Phi) is 4.71. The Morgan fingerprint density at radius 2 is 2.10 bits per heavy atom. The third-order valence-corrected chi connectivity index (χ3v) is 4.56. The van der Waals surface area contributed by atoms with E-state index in [1.807, 2.05) is 0 Å². The lowest BCUT2D eigenvalue weighted by Gasteiger charge is -2.32. The van der Waals surface area contributed by atoms with Gasteiger partial charge in [-0.05, 0) is 30.5 Å². The van der Waals surface area contributed by atoms with Gasteiger partial charge in [0, 0.05) is 31.6 Å². The van der Waals surface area contributed by atoms with Crippen molar-refractivity contribution in [1.29, 1.82) is 0 Å². The highest BCUT2D eigenvalue weighted by atomic mass is 16.5. The maximum Gasteiger partial charge on any atom is 0.0623 e. The molecule has 110 valence electrons. The molecule has 0 aliphatic carbocycles. The molecule has 1 aromatic rings. The van der Waals surface area contributed by atoms with Crippen LogP contribution in [0.25, 0.3) is 0 Å². The Morgan fingerprint density at radius 1 is 1.25 bits per heavy atom. The van der Waals surface area contributed by atoms with Gasteiger partial charge < -0.3 is 10.1 Å². The fourth-order valence-electron chi connectivity index (χ4n) is 3.38. The van der Waals surface area contributed by atoms with Gasteiger partial charge >= 0.3 is 0 Å². The Hall–Kier alpha value is -0.900. The second-order valence-corrected chi connectivity index (χ2v) is 6.11. The smallest absolute Gasteiger partial charge is 0.0623 e. The van der Waals surface area contributed by atoms with E-state index in [2.05, 4.69) is 41.4 Å². The first-order chi connectivity index (χ1) is 9.86. The number of benzene rings is 1. The molecule has 1 N–H and O–H groups in total. The van der Waals surface area contributed by atoms with Gasteiger partial charge in [0.25, 0.3) is 0 Å². The summed E-state index contributed by atoms with van der Waals surface area (Å²) >= 11 is 0. The molecule has 2 atom stereocenters. The van der Waals surface area contributed by atoms with Gasteiger partial charge in [0.15, 0.2) is 0 Å². The lowest BCUT2D eigenvalue weighted by Crippen LogP contribution is -2.43. The molecule has 0 saturated carbocycles.